The number of thioether (sulfide) groups is 1. The van der Waals surface area contributed by atoms with Gasteiger partial charge in [-0.3, -0.25) is 0 Å². The summed E-state index contributed by atoms with van der Waals surface area (Å²) in [4.78, 5) is 4.96. The van der Waals surface area contributed by atoms with Gasteiger partial charge in [0, 0.05) is 26.2 Å². The van der Waals surface area contributed by atoms with Crippen LogP contribution in [0.15, 0.2) is 63.0 Å². The van der Waals surface area contributed by atoms with E-state index in [1.807, 2.05) is 36.4 Å². The van der Waals surface area contributed by atoms with E-state index in [0.717, 1.165) is 35.6 Å². The van der Waals surface area contributed by atoms with Crippen molar-refractivity contribution in [2.75, 3.05) is 14.1 Å². The Morgan fingerprint density at radius 1 is 1.09 bits per heavy atom. The van der Waals surface area contributed by atoms with Gasteiger partial charge in [-0.2, -0.15) is 0 Å². The number of hydrogen-bond donors (Lipinski definition) is 0. The molecule has 4 aromatic rings. The molecule has 0 saturated carbocycles. The number of imidazole rings is 1. The van der Waals surface area contributed by atoms with Gasteiger partial charge >= 0.3 is 0 Å². The Morgan fingerprint density at radius 3 is 2.59 bits per heavy atom. The molecule has 4 rings (SSSR count). The lowest BCUT2D eigenvalue weighted by Gasteiger charge is -2.11. The van der Waals surface area contributed by atoms with Crippen molar-refractivity contribution in [3.05, 3.63) is 54.4 Å². The fraction of sp³-hybridized carbons (Fsp3) is 0.318. The third-order valence-corrected chi connectivity index (χ3v) is 7.78. The molecule has 0 aliphatic carbocycles. The van der Waals surface area contributed by atoms with Crippen molar-refractivity contribution in [1.29, 1.82) is 0 Å². The van der Waals surface area contributed by atoms with Crippen LogP contribution in [0, 0.1) is 0 Å². The number of nitrogens with zero attached hydrogens (tertiary/aromatic N) is 5. The zero-order valence-electron chi connectivity index (χ0n) is 18.2. The third kappa shape index (κ3) is 4.57. The first-order valence-electron chi connectivity index (χ1n) is 10.3. The van der Waals surface area contributed by atoms with Crippen LogP contribution >= 0.6 is 11.8 Å². The number of aromatic nitrogens is 4. The molecule has 8 nitrogen and oxygen atoms in total. The van der Waals surface area contributed by atoms with Gasteiger partial charge in [0.15, 0.2) is 5.16 Å². The van der Waals surface area contributed by atoms with E-state index >= 15 is 0 Å². The molecule has 0 aliphatic rings. The summed E-state index contributed by atoms with van der Waals surface area (Å²) >= 11 is 1.50. The maximum atomic E-state index is 12.5. The van der Waals surface area contributed by atoms with Crippen molar-refractivity contribution in [2.45, 2.75) is 42.1 Å². The first kappa shape index (κ1) is 22.5. The average molecular weight is 472 g/mol. The molecule has 0 N–H and O–H groups in total. The van der Waals surface area contributed by atoms with Crippen LogP contribution in [-0.4, -0.2) is 46.6 Å². The number of unbranched alkanes of at least 4 members (excludes halogenated alkanes) is 1. The Kier molecular flexibility index (Phi) is 6.63. The van der Waals surface area contributed by atoms with Gasteiger partial charge in [-0.25, -0.2) is 17.7 Å². The van der Waals surface area contributed by atoms with Crippen LogP contribution in [0.4, 0.5) is 0 Å². The monoisotopic (exact) mass is 471 g/mol. The minimum Gasteiger partial charge on any atom is -0.420 e. The SMILES string of the molecule is CCCCn1c(SCc2nnc(-c3ccccc3)o2)nc2cc(S(=O)(=O)N(C)C)ccc21. The Labute approximate surface area is 191 Å². The molecular weight excluding hydrogens is 446 g/mol. The van der Waals surface area contributed by atoms with Gasteiger partial charge in [-0.15, -0.1) is 10.2 Å². The second-order valence-electron chi connectivity index (χ2n) is 7.49. The summed E-state index contributed by atoms with van der Waals surface area (Å²) in [6.07, 6.45) is 2.04. The largest absolute Gasteiger partial charge is 0.420 e. The predicted molar refractivity (Wildman–Crippen MR) is 125 cm³/mol. The Bertz CT molecular complexity index is 1310. The molecular formula is C22H25N5O3S2. The van der Waals surface area contributed by atoms with E-state index in [1.165, 1.54) is 30.2 Å². The molecule has 32 heavy (non-hydrogen) atoms. The predicted octanol–water partition coefficient (Wildman–Crippen LogP) is 4.43. The van der Waals surface area contributed by atoms with Gasteiger partial charge < -0.3 is 8.98 Å². The van der Waals surface area contributed by atoms with Crippen LogP contribution in [0.5, 0.6) is 0 Å². The summed E-state index contributed by atoms with van der Waals surface area (Å²) in [6, 6.07) is 14.7. The summed E-state index contributed by atoms with van der Waals surface area (Å²) in [6.45, 7) is 2.94. The van der Waals surface area contributed by atoms with Crippen LogP contribution in [0.2, 0.25) is 0 Å². The van der Waals surface area contributed by atoms with E-state index in [2.05, 4.69) is 21.7 Å². The van der Waals surface area contributed by atoms with Gasteiger partial charge in [0.25, 0.3) is 0 Å². The molecule has 0 fully saturated rings. The van der Waals surface area contributed by atoms with Crippen LogP contribution < -0.4 is 0 Å². The van der Waals surface area contributed by atoms with E-state index in [1.54, 1.807) is 12.1 Å². The van der Waals surface area contributed by atoms with E-state index in [4.69, 9.17) is 9.40 Å². The van der Waals surface area contributed by atoms with Crippen molar-refractivity contribution in [3.63, 3.8) is 0 Å². The summed E-state index contributed by atoms with van der Waals surface area (Å²) in [5.74, 6) is 1.47. The molecule has 0 radical (unpaired) electrons. The number of fused-ring (bicyclic) bond motifs is 1. The Hall–Kier alpha value is -2.69. The van der Waals surface area contributed by atoms with Crippen molar-refractivity contribution in [3.8, 4) is 11.5 Å². The quantitative estimate of drug-likeness (QED) is 0.333. The Balaban J connectivity index is 1.61. The maximum Gasteiger partial charge on any atom is 0.247 e. The molecule has 10 heteroatoms. The highest BCUT2D eigenvalue weighted by atomic mass is 32.2. The molecule has 2 heterocycles. The van der Waals surface area contributed by atoms with Crippen molar-refractivity contribution in [1.82, 2.24) is 24.1 Å². The first-order chi connectivity index (χ1) is 15.4. The van der Waals surface area contributed by atoms with Crippen molar-refractivity contribution < 1.29 is 12.8 Å². The summed E-state index contributed by atoms with van der Waals surface area (Å²) < 4.78 is 34.2. The highest BCUT2D eigenvalue weighted by Crippen LogP contribution is 2.29. The molecule has 0 unspecified atom stereocenters. The molecule has 0 amide bonds. The lowest BCUT2D eigenvalue weighted by Crippen LogP contribution is -2.22. The highest BCUT2D eigenvalue weighted by molar-refractivity contribution is 7.98. The number of sulfonamides is 1. The van der Waals surface area contributed by atoms with Crippen LogP contribution in [-0.2, 0) is 22.3 Å². The van der Waals surface area contributed by atoms with Gasteiger partial charge in [-0.1, -0.05) is 43.3 Å². The average Bonchev–Trinajstić information content (AvgIpc) is 3.40. The molecule has 168 valence electrons. The zero-order chi connectivity index (χ0) is 22.7. The Morgan fingerprint density at radius 2 is 1.88 bits per heavy atom. The summed E-state index contributed by atoms with van der Waals surface area (Å²) in [5, 5.41) is 9.10. The molecule has 0 spiro atoms. The molecule has 0 aliphatic heterocycles. The minimum absolute atomic E-state index is 0.232. The minimum atomic E-state index is -3.52. The third-order valence-electron chi connectivity index (χ3n) is 5.01. The zero-order valence-corrected chi connectivity index (χ0v) is 19.9. The molecule has 0 atom stereocenters. The molecule has 0 bridgehead atoms. The number of rotatable bonds is 9. The topological polar surface area (TPSA) is 94.1 Å². The van der Waals surface area contributed by atoms with Crippen LogP contribution in [0.25, 0.3) is 22.5 Å². The van der Waals surface area contributed by atoms with Gasteiger partial charge in [-0.05, 0) is 36.8 Å². The smallest absolute Gasteiger partial charge is 0.247 e. The van der Waals surface area contributed by atoms with Crippen LogP contribution in [0.3, 0.4) is 0 Å². The number of benzene rings is 2. The standard InChI is InChI=1S/C22H25N5O3S2/c1-4-5-13-27-19-12-11-17(32(28,29)26(2)3)14-18(19)23-22(27)31-15-20-24-25-21(30-20)16-9-7-6-8-10-16/h6-12,14H,4-5,13,15H2,1-3H3. The molecule has 2 aromatic carbocycles. The summed E-state index contributed by atoms with van der Waals surface area (Å²) in [7, 11) is -0.479. The van der Waals surface area contributed by atoms with Gasteiger partial charge in [0.2, 0.25) is 21.8 Å². The fourth-order valence-corrected chi connectivity index (χ4v) is 5.04. The van der Waals surface area contributed by atoms with Gasteiger partial charge in [0.1, 0.15) is 0 Å². The van der Waals surface area contributed by atoms with Crippen molar-refractivity contribution >= 4 is 32.8 Å². The maximum absolute atomic E-state index is 12.5. The second kappa shape index (κ2) is 9.43. The summed E-state index contributed by atoms with van der Waals surface area (Å²) in [5.41, 5.74) is 2.44. The van der Waals surface area contributed by atoms with E-state index in [-0.39, 0.29) is 4.90 Å². The molecule has 2 aromatic heterocycles. The highest BCUT2D eigenvalue weighted by Gasteiger charge is 2.20. The first-order valence-corrected chi connectivity index (χ1v) is 12.8. The second-order valence-corrected chi connectivity index (χ2v) is 10.6. The van der Waals surface area contributed by atoms with Crippen LogP contribution in [0.1, 0.15) is 25.7 Å². The van der Waals surface area contributed by atoms with Crippen molar-refractivity contribution in [2.24, 2.45) is 0 Å². The van der Waals surface area contributed by atoms with E-state index in [0.29, 0.717) is 23.1 Å². The lowest BCUT2D eigenvalue weighted by atomic mass is 10.2. The fourth-order valence-electron chi connectivity index (χ4n) is 3.24. The van der Waals surface area contributed by atoms with E-state index in [9.17, 15) is 8.42 Å². The lowest BCUT2D eigenvalue weighted by molar-refractivity contribution is 0.521. The molecule has 0 saturated heterocycles. The number of aryl methyl sites for hydroxylation is 1. The van der Waals surface area contributed by atoms with E-state index < -0.39 is 10.0 Å². The normalized spacial score (nSPS) is 12.1. The van der Waals surface area contributed by atoms with Gasteiger partial charge in [0.05, 0.1) is 21.7 Å². The number of hydrogen-bond acceptors (Lipinski definition) is 7.